The molecule has 5 rings (SSSR count). The number of carbonyl (C=O) groups excluding carboxylic acids is 1. The number of thioether (sulfide) groups is 1. The second-order valence-corrected chi connectivity index (χ2v) is 11.3. The Labute approximate surface area is 246 Å². The predicted molar refractivity (Wildman–Crippen MR) is 165 cm³/mol. The molecule has 0 bridgehead atoms. The Bertz CT molecular complexity index is 1600. The van der Waals surface area contributed by atoms with E-state index in [2.05, 4.69) is 0 Å². The van der Waals surface area contributed by atoms with Crippen molar-refractivity contribution in [2.75, 3.05) is 4.90 Å². The molecule has 1 heterocycles. The zero-order chi connectivity index (χ0) is 27.5. The number of benzene rings is 4. The zero-order valence-electron chi connectivity index (χ0n) is 21.1. The van der Waals surface area contributed by atoms with Crippen LogP contribution in [0.15, 0.2) is 94.8 Å². The molecule has 0 radical (unpaired) electrons. The Hall–Kier alpha value is -3.22. The molecule has 39 heavy (non-hydrogen) atoms. The molecule has 0 saturated carbocycles. The molecule has 0 aromatic heterocycles. The van der Waals surface area contributed by atoms with Gasteiger partial charge in [0.2, 0.25) is 0 Å². The van der Waals surface area contributed by atoms with Gasteiger partial charge < -0.3 is 4.74 Å². The number of hydrogen-bond donors (Lipinski definition) is 0. The molecule has 0 N–H and O–H groups in total. The lowest BCUT2D eigenvalue weighted by molar-refractivity contribution is -0.113. The second kappa shape index (κ2) is 11.9. The van der Waals surface area contributed by atoms with E-state index in [1.165, 1.54) is 11.8 Å². The molecule has 1 saturated heterocycles. The third-order valence-electron chi connectivity index (χ3n) is 6.01. The highest BCUT2D eigenvalue weighted by Crippen LogP contribution is 2.39. The van der Waals surface area contributed by atoms with Gasteiger partial charge in [0, 0.05) is 26.2 Å². The number of amides is 1. The average Bonchev–Trinajstić information content (AvgIpc) is 3.20. The molecule has 1 fully saturated rings. The molecule has 196 valence electrons. The molecule has 1 aliphatic rings. The number of hydrogen-bond acceptors (Lipinski definition) is 4. The van der Waals surface area contributed by atoms with Gasteiger partial charge in [-0.25, -0.2) is 4.99 Å². The lowest BCUT2D eigenvalue weighted by atomic mass is 10.1. The number of anilines is 1. The Morgan fingerprint density at radius 3 is 2.18 bits per heavy atom. The van der Waals surface area contributed by atoms with Gasteiger partial charge in [-0.1, -0.05) is 76.3 Å². The van der Waals surface area contributed by atoms with Crippen LogP contribution in [-0.2, 0) is 11.4 Å². The summed E-state index contributed by atoms with van der Waals surface area (Å²) in [4.78, 5) is 20.7. The summed E-state index contributed by atoms with van der Waals surface area (Å²) >= 11 is 20.0. The molecule has 0 atom stereocenters. The maximum Gasteiger partial charge on any atom is 0.271 e. The van der Waals surface area contributed by atoms with Gasteiger partial charge in [-0.3, -0.25) is 9.69 Å². The fourth-order valence-electron chi connectivity index (χ4n) is 3.90. The van der Waals surface area contributed by atoms with Crippen LogP contribution in [0.2, 0.25) is 15.1 Å². The first-order valence-electron chi connectivity index (χ1n) is 12.1. The van der Waals surface area contributed by atoms with Crippen molar-refractivity contribution in [1.82, 2.24) is 0 Å². The number of nitrogens with zero attached hydrogens (tertiary/aromatic N) is 2. The Balaban J connectivity index is 1.50. The first kappa shape index (κ1) is 27.4. The van der Waals surface area contributed by atoms with Crippen molar-refractivity contribution in [2.45, 2.75) is 20.5 Å². The van der Waals surface area contributed by atoms with E-state index >= 15 is 0 Å². The molecule has 8 heteroatoms. The summed E-state index contributed by atoms with van der Waals surface area (Å²) in [5.41, 5.74) is 5.21. The van der Waals surface area contributed by atoms with Gasteiger partial charge in [-0.15, -0.1) is 0 Å². The highest BCUT2D eigenvalue weighted by Gasteiger charge is 2.35. The number of halogens is 3. The SMILES string of the molecule is Cc1ccc(N=C2S/C(=C\c3cc(Cl)ccc3OCc3ccc(Cl)cc3Cl)C(=O)N2c2ccc(C)cc2)cc1. The van der Waals surface area contributed by atoms with Crippen molar-refractivity contribution < 1.29 is 9.53 Å². The molecule has 1 amide bonds. The van der Waals surface area contributed by atoms with Crippen molar-refractivity contribution in [1.29, 1.82) is 0 Å². The second-order valence-electron chi connectivity index (χ2n) is 9.02. The summed E-state index contributed by atoms with van der Waals surface area (Å²) in [5, 5.41) is 2.16. The van der Waals surface area contributed by atoms with Crippen molar-refractivity contribution in [3.63, 3.8) is 0 Å². The molecule has 4 aromatic carbocycles. The summed E-state index contributed by atoms with van der Waals surface area (Å²) in [6, 6.07) is 26.2. The van der Waals surface area contributed by atoms with E-state index in [4.69, 9.17) is 44.5 Å². The highest BCUT2D eigenvalue weighted by atomic mass is 35.5. The van der Waals surface area contributed by atoms with Gasteiger partial charge in [-0.05, 0) is 86.3 Å². The number of rotatable bonds is 6. The van der Waals surface area contributed by atoms with E-state index < -0.39 is 0 Å². The average molecular weight is 594 g/mol. The summed E-state index contributed by atoms with van der Waals surface area (Å²) in [6.07, 6.45) is 1.79. The molecule has 4 aromatic rings. The van der Waals surface area contributed by atoms with Crippen LogP contribution >= 0.6 is 46.6 Å². The van der Waals surface area contributed by atoms with Crippen LogP contribution in [0.4, 0.5) is 11.4 Å². The molecular formula is C31H23Cl3N2O2S. The summed E-state index contributed by atoms with van der Waals surface area (Å²) < 4.78 is 6.11. The number of amidine groups is 1. The minimum absolute atomic E-state index is 0.179. The van der Waals surface area contributed by atoms with Crippen LogP contribution in [0.1, 0.15) is 22.3 Å². The molecule has 0 unspecified atom stereocenters. The van der Waals surface area contributed by atoms with E-state index in [0.29, 0.717) is 36.5 Å². The normalized spacial score (nSPS) is 15.4. The van der Waals surface area contributed by atoms with Crippen LogP contribution in [0.3, 0.4) is 0 Å². The number of aryl methyl sites for hydroxylation is 2. The molecule has 1 aliphatic heterocycles. The van der Waals surface area contributed by atoms with Crippen LogP contribution in [0.5, 0.6) is 5.75 Å². The summed E-state index contributed by atoms with van der Waals surface area (Å²) in [7, 11) is 0. The molecular weight excluding hydrogens is 571 g/mol. The fraction of sp³-hybridized carbons (Fsp3) is 0.0968. The maximum atomic E-state index is 13.8. The number of carbonyl (C=O) groups is 1. The van der Waals surface area contributed by atoms with Crippen molar-refractivity contribution in [3.8, 4) is 5.75 Å². The minimum Gasteiger partial charge on any atom is -0.488 e. The lowest BCUT2D eigenvalue weighted by Crippen LogP contribution is -2.28. The van der Waals surface area contributed by atoms with Gasteiger partial charge >= 0.3 is 0 Å². The number of aliphatic imine (C=N–C) groups is 1. The smallest absolute Gasteiger partial charge is 0.271 e. The molecule has 0 aliphatic carbocycles. The van der Waals surface area contributed by atoms with E-state index in [-0.39, 0.29) is 12.5 Å². The van der Waals surface area contributed by atoms with Gasteiger partial charge in [-0.2, -0.15) is 0 Å². The van der Waals surface area contributed by atoms with Gasteiger partial charge in [0.25, 0.3) is 5.91 Å². The Morgan fingerprint density at radius 1 is 0.846 bits per heavy atom. The van der Waals surface area contributed by atoms with Crippen LogP contribution < -0.4 is 9.64 Å². The van der Waals surface area contributed by atoms with Gasteiger partial charge in [0.15, 0.2) is 5.17 Å². The molecule has 4 nitrogen and oxygen atoms in total. The third kappa shape index (κ3) is 6.51. The topological polar surface area (TPSA) is 41.9 Å². The highest BCUT2D eigenvalue weighted by molar-refractivity contribution is 8.19. The van der Waals surface area contributed by atoms with Crippen molar-refractivity contribution in [2.24, 2.45) is 4.99 Å². The Kier molecular flexibility index (Phi) is 8.34. The fourth-order valence-corrected chi connectivity index (χ4v) is 5.53. The number of ether oxygens (including phenoxy) is 1. The summed E-state index contributed by atoms with van der Waals surface area (Å²) in [6.45, 7) is 4.26. The van der Waals surface area contributed by atoms with Crippen molar-refractivity contribution >= 4 is 75.1 Å². The van der Waals surface area contributed by atoms with Crippen LogP contribution in [-0.4, -0.2) is 11.1 Å². The largest absolute Gasteiger partial charge is 0.488 e. The van der Waals surface area contributed by atoms with E-state index in [0.717, 1.165) is 28.1 Å². The predicted octanol–water partition coefficient (Wildman–Crippen LogP) is 9.65. The standard InChI is InChI=1S/C31H23Cl3N2O2S/c1-19-3-10-25(11-4-19)35-31-36(26-12-5-20(2)6-13-26)30(37)29(39-31)16-22-15-23(32)9-14-28(22)38-18-21-7-8-24(33)17-27(21)34/h3-17H,18H2,1-2H3/b29-16-,35-31?. The quantitative estimate of drug-likeness (QED) is 0.209. The lowest BCUT2D eigenvalue weighted by Gasteiger charge is -2.16. The van der Waals surface area contributed by atoms with E-state index in [1.54, 1.807) is 41.3 Å². The van der Waals surface area contributed by atoms with Crippen LogP contribution in [0, 0.1) is 13.8 Å². The van der Waals surface area contributed by atoms with E-state index in [1.807, 2.05) is 68.4 Å². The summed E-state index contributed by atoms with van der Waals surface area (Å²) in [5.74, 6) is 0.388. The monoisotopic (exact) mass is 592 g/mol. The minimum atomic E-state index is -0.179. The maximum absolute atomic E-state index is 13.8. The van der Waals surface area contributed by atoms with Crippen molar-refractivity contribution in [3.05, 3.63) is 127 Å². The van der Waals surface area contributed by atoms with Gasteiger partial charge in [0.1, 0.15) is 12.4 Å². The van der Waals surface area contributed by atoms with Crippen LogP contribution in [0.25, 0.3) is 6.08 Å². The first-order valence-corrected chi connectivity index (χ1v) is 14.0. The third-order valence-corrected chi connectivity index (χ3v) is 7.80. The Morgan fingerprint density at radius 2 is 1.49 bits per heavy atom. The van der Waals surface area contributed by atoms with Gasteiger partial charge in [0.05, 0.1) is 16.3 Å². The molecule has 0 spiro atoms. The zero-order valence-corrected chi connectivity index (χ0v) is 24.2. The first-order chi connectivity index (χ1) is 18.8. The van der Waals surface area contributed by atoms with E-state index in [9.17, 15) is 4.79 Å².